The summed E-state index contributed by atoms with van der Waals surface area (Å²) in [5.74, 6) is 1.00. The van der Waals surface area contributed by atoms with Crippen molar-refractivity contribution in [3.05, 3.63) is 72.0 Å². The van der Waals surface area contributed by atoms with Crippen LogP contribution < -0.4 is 11.1 Å². The molecule has 4 aliphatic rings. The quantitative estimate of drug-likeness (QED) is 0.663. The van der Waals surface area contributed by atoms with Gasteiger partial charge in [0.2, 0.25) is 0 Å². The Balaban J connectivity index is 1.59. The molecule has 2 nitrogen and oxygen atoms in total. The lowest BCUT2D eigenvalue weighted by molar-refractivity contribution is 0.283. The van der Waals surface area contributed by atoms with Gasteiger partial charge in [-0.05, 0) is 62.9 Å². The van der Waals surface area contributed by atoms with Crippen molar-refractivity contribution in [2.75, 3.05) is 0 Å². The minimum atomic E-state index is 0.0803. The third-order valence-corrected chi connectivity index (χ3v) is 6.98. The van der Waals surface area contributed by atoms with Crippen molar-refractivity contribution in [2.24, 2.45) is 23.0 Å². The average molecular weight is 363 g/mol. The Morgan fingerprint density at radius 1 is 1.07 bits per heavy atom. The van der Waals surface area contributed by atoms with Gasteiger partial charge in [-0.3, -0.25) is 0 Å². The number of allylic oxidation sites excluding steroid dienone is 8. The molecule has 5 atom stereocenters. The zero-order valence-corrected chi connectivity index (χ0v) is 16.6. The molecular weight excluding hydrogens is 328 g/mol. The Kier molecular flexibility index (Phi) is 5.54. The molecule has 0 bridgehead atoms. The van der Waals surface area contributed by atoms with E-state index < -0.39 is 0 Å². The maximum absolute atomic E-state index is 6.57. The van der Waals surface area contributed by atoms with Crippen LogP contribution in [0.2, 0.25) is 0 Å². The molecule has 0 aromatic heterocycles. The molecule has 0 spiro atoms. The molecule has 0 aromatic carbocycles. The fourth-order valence-electron chi connectivity index (χ4n) is 5.21. The fourth-order valence-corrected chi connectivity index (χ4v) is 5.21. The summed E-state index contributed by atoms with van der Waals surface area (Å²) in [6.07, 6.45) is 31.3. The number of nitrogens with two attached hydrogens (primary N) is 1. The van der Waals surface area contributed by atoms with E-state index in [4.69, 9.17) is 5.73 Å². The van der Waals surface area contributed by atoms with Gasteiger partial charge in [0, 0.05) is 23.2 Å². The lowest BCUT2D eigenvalue weighted by atomic mass is 9.65. The first-order valence-electron chi connectivity index (χ1n) is 10.8. The Morgan fingerprint density at radius 3 is 2.78 bits per heavy atom. The second-order valence-electron chi connectivity index (χ2n) is 8.78. The Labute approximate surface area is 164 Å². The van der Waals surface area contributed by atoms with Crippen LogP contribution in [0.3, 0.4) is 0 Å². The highest BCUT2D eigenvalue weighted by atomic mass is 14.9. The standard InChI is InChI=1S/C25H34N2/c1-25(17-9-8-14-24(25)27-21-12-6-3-7-13-21)20-15-16-23(26)22(18-20)19-10-4-2-5-11-19/h2,4-6,9-10,12-13,17-19,22-24,27H,3,7-8,11,14-16,26H2,1H3. The molecule has 0 amide bonds. The third kappa shape index (κ3) is 3.91. The lowest BCUT2D eigenvalue weighted by Crippen LogP contribution is -2.46. The van der Waals surface area contributed by atoms with Gasteiger partial charge >= 0.3 is 0 Å². The fraction of sp³-hybridized carbons (Fsp3) is 0.520. The molecule has 0 heterocycles. The van der Waals surface area contributed by atoms with E-state index >= 15 is 0 Å². The van der Waals surface area contributed by atoms with Crippen LogP contribution in [0.15, 0.2) is 72.0 Å². The van der Waals surface area contributed by atoms with Crippen LogP contribution in [0.1, 0.15) is 51.9 Å². The normalized spacial score (nSPS) is 38.4. The van der Waals surface area contributed by atoms with Crippen molar-refractivity contribution in [1.29, 1.82) is 0 Å². The molecule has 27 heavy (non-hydrogen) atoms. The molecule has 0 saturated carbocycles. The molecule has 0 aliphatic heterocycles. The first-order chi connectivity index (χ1) is 13.2. The van der Waals surface area contributed by atoms with E-state index in [0.717, 1.165) is 32.1 Å². The van der Waals surface area contributed by atoms with Gasteiger partial charge in [-0.1, -0.05) is 67.2 Å². The predicted octanol–water partition coefficient (Wildman–Crippen LogP) is 5.33. The minimum absolute atomic E-state index is 0.0803. The zero-order chi connectivity index (χ0) is 18.7. The molecular formula is C25H34N2. The van der Waals surface area contributed by atoms with Crippen molar-refractivity contribution in [2.45, 2.75) is 64.0 Å². The SMILES string of the molecule is CC1(C2=CC(C3C=CC=CC3)C(N)CC2)C=CCCC1NC1=CCCC=C1. The number of nitrogens with one attached hydrogen (secondary N) is 1. The Bertz CT molecular complexity index is 721. The first kappa shape index (κ1) is 18.6. The Morgan fingerprint density at radius 2 is 2.00 bits per heavy atom. The van der Waals surface area contributed by atoms with E-state index in [9.17, 15) is 0 Å². The maximum atomic E-state index is 6.57. The van der Waals surface area contributed by atoms with E-state index in [2.05, 4.69) is 73.0 Å². The maximum Gasteiger partial charge on any atom is 0.0389 e. The predicted molar refractivity (Wildman–Crippen MR) is 115 cm³/mol. The van der Waals surface area contributed by atoms with Gasteiger partial charge in [0.1, 0.15) is 0 Å². The number of hydrogen-bond acceptors (Lipinski definition) is 2. The summed E-state index contributed by atoms with van der Waals surface area (Å²) >= 11 is 0. The van der Waals surface area contributed by atoms with Gasteiger partial charge in [-0.15, -0.1) is 0 Å². The summed E-state index contributed by atoms with van der Waals surface area (Å²) < 4.78 is 0. The minimum Gasteiger partial charge on any atom is -0.381 e. The summed E-state index contributed by atoms with van der Waals surface area (Å²) in [5.41, 5.74) is 9.55. The molecule has 5 unspecified atom stereocenters. The average Bonchev–Trinajstić information content (AvgIpc) is 2.71. The van der Waals surface area contributed by atoms with Crippen molar-refractivity contribution < 1.29 is 0 Å². The van der Waals surface area contributed by atoms with Crippen LogP contribution in [0, 0.1) is 17.3 Å². The summed E-state index contributed by atoms with van der Waals surface area (Å²) in [6.45, 7) is 2.43. The van der Waals surface area contributed by atoms with Gasteiger partial charge in [-0.2, -0.15) is 0 Å². The van der Waals surface area contributed by atoms with Gasteiger partial charge in [0.05, 0.1) is 0 Å². The summed E-state index contributed by atoms with van der Waals surface area (Å²) in [4.78, 5) is 0. The molecule has 3 N–H and O–H groups in total. The van der Waals surface area contributed by atoms with Crippen LogP contribution in [0.5, 0.6) is 0 Å². The van der Waals surface area contributed by atoms with Gasteiger partial charge in [-0.25, -0.2) is 0 Å². The van der Waals surface area contributed by atoms with E-state index in [1.807, 2.05) is 0 Å². The second kappa shape index (κ2) is 8.06. The Hall–Kier alpha value is -1.80. The third-order valence-electron chi connectivity index (χ3n) is 6.98. The molecule has 0 radical (unpaired) electrons. The monoisotopic (exact) mass is 362 g/mol. The summed E-state index contributed by atoms with van der Waals surface area (Å²) in [5, 5.41) is 3.88. The lowest BCUT2D eigenvalue weighted by Gasteiger charge is -2.44. The number of rotatable bonds is 4. The number of hydrogen-bond donors (Lipinski definition) is 2. The molecule has 2 heteroatoms. The summed E-state index contributed by atoms with van der Waals surface area (Å²) in [6, 6.07) is 0.737. The van der Waals surface area contributed by atoms with Crippen LogP contribution in [0.25, 0.3) is 0 Å². The van der Waals surface area contributed by atoms with Crippen molar-refractivity contribution in [1.82, 2.24) is 5.32 Å². The molecule has 0 aromatic rings. The molecule has 4 aliphatic carbocycles. The summed E-state index contributed by atoms with van der Waals surface area (Å²) in [7, 11) is 0. The molecule has 0 saturated heterocycles. The van der Waals surface area contributed by atoms with E-state index in [1.165, 1.54) is 18.5 Å². The highest BCUT2D eigenvalue weighted by Gasteiger charge is 2.40. The van der Waals surface area contributed by atoms with Gasteiger partial charge in [0.25, 0.3) is 0 Å². The smallest absolute Gasteiger partial charge is 0.0389 e. The van der Waals surface area contributed by atoms with E-state index in [0.29, 0.717) is 17.9 Å². The highest BCUT2D eigenvalue weighted by molar-refractivity contribution is 5.33. The molecule has 144 valence electrons. The van der Waals surface area contributed by atoms with Crippen LogP contribution in [-0.4, -0.2) is 12.1 Å². The largest absolute Gasteiger partial charge is 0.381 e. The highest BCUT2D eigenvalue weighted by Crippen LogP contribution is 2.45. The molecule has 4 rings (SSSR count). The molecule has 0 fully saturated rings. The van der Waals surface area contributed by atoms with Crippen LogP contribution >= 0.6 is 0 Å². The van der Waals surface area contributed by atoms with E-state index in [1.54, 1.807) is 5.57 Å². The van der Waals surface area contributed by atoms with Gasteiger partial charge < -0.3 is 11.1 Å². The van der Waals surface area contributed by atoms with Crippen molar-refractivity contribution in [3.8, 4) is 0 Å². The van der Waals surface area contributed by atoms with Crippen LogP contribution in [-0.2, 0) is 0 Å². The second-order valence-corrected chi connectivity index (χ2v) is 8.78. The first-order valence-corrected chi connectivity index (χ1v) is 10.8. The van der Waals surface area contributed by atoms with Crippen molar-refractivity contribution >= 4 is 0 Å². The zero-order valence-electron chi connectivity index (χ0n) is 16.6. The van der Waals surface area contributed by atoms with Gasteiger partial charge in [0.15, 0.2) is 0 Å². The van der Waals surface area contributed by atoms with Crippen LogP contribution in [0.4, 0.5) is 0 Å². The van der Waals surface area contributed by atoms with Crippen molar-refractivity contribution in [3.63, 3.8) is 0 Å². The van der Waals surface area contributed by atoms with E-state index in [-0.39, 0.29) is 11.5 Å². The topological polar surface area (TPSA) is 38.0 Å².